The molecule has 10 heteroatoms. The van der Waals surface area contributed by atoms with E-state index in [9.17, 15) is 19.2 Å². The van der Waals surface area contributed by atoms with Gasteiger partial charge in [0.25, 0.3) is 5.91 Å². The number of para-hydroxylation sites is 1. The van der Waals surface area contributed by atoms with Crippen molar-refractivity contribution in [2.45, 2.75) is 56.8 Å². The van der Waals surface area contributed by atoms with Crippen LogP contribution in [0.3, 0.4) is 0 Å². The molecule has 3 N–H and O–H groups in total. The second-order valence-electron chi connectivity index (χ2n) is 8.83. The Morgan fingerprint density at radius 1 is 1.14 bits per heavy atom. The normalized spacial score (nSPS) is 24.1. The van der Waals surface area contributed by atoms with Crippen molar-refractivity contribution >= 4 is 29.4 Å². The van der Waals surface area contributed by atoms with Gasteiger partial charge in [-0.05, 0) is 37.5 Å². The van der Waals surface area contributed by atoms with E-state index in [1.54, 1.807) is 31.2 Å². The van der Waals surface area contributed by atoms with E-state index in [2.05, 4.69) is 5.32 Å². The highest BCUT2D eigenvalue weighted by atomic mass is 16.8. The molecule has 4 atom stereocenters. The smallest absolute Gasteiger partial charge is 0.331 e. The number of nitrogens with one attached hydrogen (secondary N) is 1. The van der Waals surface area contributed by atoms with Crippen LogP contribution in [-0.4, -0.2) is 59.2 Å². The second-order valence-corrected chi connectivity index (χ2v) is 8.83. The zero-order valence-corrected chi connectivity index (χ0v) is 19.9. The van der Waals surface area contributed by atoms with Gasteiger partial charge in [-0.1, -0.05) is 48.5 Å². The van der Waals surface area contributed by atoms with Gasteiger partial charge >= 0.3 is 17.7 Å². The molecule has 2 saturated heterocycles. The van der Waals surface area contributed by atoms with E-state index in [0.29, 0.717) is 24.9 Å². The Balaban J connectivity index is 1.45. The molecule has 2 amide bonds. The fraction of sp³-hybridized carbons (Fsp3) is 0.385. The number of esters is 2. The van der Waals surface area contributed by atoms with Gasteiger partial charge < -0.3 is 30.2 Å². The Kier molecular flexibility index (Phi) is 7.54. The molecule has 4 rings (SSSR count). The summed E-state index contributed by atoms with van der Waals surface area (Å²) >= 11 is 0. The number of hydrogen-bond donors (Lipinski definition) is 2. The Morgan fingerprint density at radius 3 is 2.47 bits per heavy atom. The molecule has 2 aliphatic heterocycles. The molecule has 2 heterocycles. The number of nitrogens with zero attached hydrogens (tertiary/aromatic N) is 1. The van der Waals surface area contributed by atoms with Crippen LogP contribution in [0.2, 0.25) is 0 Å². The van der Waals surface area contributed by atoms with E-state index in [0.717, 1.165) is 5.69 Å². The Bertz CT molecular complexity index is 1110. The molecular weight excluding hydrogens is 466 g/mol. The Morgan fingerprint density at radius 2 is 1.81 bits per heavy atom. The third-order valence-corrected chi connectivity index (χ3v) is 6.27. The van der Waals surface area contributed by atoms with E-state index >= 15 is 0 Å². The lowest BCUT2D eigenvalue weighted by Gasteiger charge is -2.32. The number of hydrogen-bond acceptors (Lipinski definition) is 8. The van der Waals surface area contributed by atoms with Crippen molar-refractivity contribution in [2.75, 3.05) is 11.9 Å². The van der Waals surface area contributed by atoms with E-state index in [4.69, 9.17) is 19.9 Å². The maximum Gasteiger partial charge on any atom is 0.331 e. The molecule has 2 aliphatic rings. The molecule has 0 aromatic heterocycles. The van der Waals surface area contributed by atoms with Crippen molar-refractivity contribution in [3.05, 3.63) is 66.2 Å². The number of carbonyl (C=O) groups is 4. The number of rotatable bonds is 9. The van der Waals surface area contributed by atoms with Crippen molar-refractivity contribution < 1.29 is 33.4 Å². The van der Waals surface area contributed by atoms with Gasteiger partial charge in [-0.25, -0.2) is 4.79 Å². The number of nitrogens with two attached hydrogens (primary N) is 1. The highest BCUT2D eigenvalue weighted by molar-refractivity contribution is 5.92. The van der Waals surface area contributed by atoms with Crippen molar-refractivity contribution in [3.63, 3.8) is 0 Å². The van der Waals surface area contributed by atoms with E-state index in [-0.39, 0.29) is 12.5 Å². The monoisotopic (exact) mass is 495 g/mol. The maximum atomic E-state index is 13.2. The summed E-state index contributed by atoms with van der Waals surface area (Å²) in [5.74, 6) is -5.12. The van der Waals surface area contributed by atoms with Gasteiger partial charge in [0.2, 0.25) is 5.91 Å². The Labute approximate surface area is 208 Å². The summed E-state index contributed by atoms with van der Waals surface area (Å²) in [6, 6.07) is 16.7. The molecule has 0 saturated carbocycles. The first kappa shape index (κ1) is 25.2. The first-order valence-electron chi connectivity index (χ1n) is 11.8. The molecule has 10 nitrogen and oxygen atoms in total. The minimum Gasteiger partial charge on any atom is -0.453 e. The van der Waals surface area contributed by atoms with Crippen LogP contribution in [0.25, 0.3) is 0 Å². The van der Waals surface area contributed by atoms with Crippen LogP contribution >= 0.6 is 0 Å². The number of carbonyl (C=O) groups excluding carboxylic acids is 4. The second kappa shape index (κ2) is 10.8. The molecule has 190 valence electrons. The minimum absolute atomic E-state index is 0.0954. The molecule has 0 radical (unpaired) electrons. The van der Waals surface area contributed by atoms with Crippen molar-refractivity contribution in [1.82, 2.24) is 4.90 Å². The van der Waals surface area contributed by atoms with Crippen LogP contribution in [0, 0.1) is 0 Å². The summed E-state index contributed by atoms with van der Waals surface area (Å²) in [6.07, 6.45) is -0.778. The molecule has 2 fully saturated rings. The van der Waals surface area contributed by atoms with E-state index < -0.39 is 48.2 Å². The van der Waals surface area contributed by atoms with Gasteiger partial charge in [-0.3, -0.25) is 14.4 Å². The molecule has 4 unspecified atom stereocenters. The van der Waals surface area contributed by atoms with Crippen molar-refractivity contribution in [1.29, 1.82) is 0 Å². The first-order chi connectivity index (χ1) is 17.3. The van der Waals surface area contributed by atoms with Gasteiger partial charge in [0.05, 0.1) is 13.0 Å². The van der Waals surface area contributed by atoms with Crippen LogP contribution in [0.5, 0.6) is 0 Å². The van der Waals surface area contributed by atoms with Crippen LogP contribution in [-0.2, 0) is 40.0 Å². The molecule has 0 spiro atoms. The fourth-order valence-corrected chi connectivity index (χ4v) is 4.44. The average molecular weight is 496 g/mol. The van der Waals surface area contributed by atoms with Crippen molar-refractivity contribution in [3.8, 4) is 0 Å². The first-order valence-corrected chi connectivity index (χ1v) is 11.8. The quantitative estimate of drug-likeness (QED) is 0.502. The van der Waals surface area contributed by atoms with Crippen LogP contribution in [0.4, 0.5) is 5.69 Å². The largest absolute Gasteiger partial charge is 0.453 e. The lowest BCUT2D eigenvalue weighted by Crippen LogP contribution is -2.56. The maximum absolute atomic E-state index is 13.2. The standard InChI is InChI=1S/C26H29N3O7/c1-17(28-19-11-6-3-7-12-19)23(31)29-14-8-13-20(29)24(32)35-21-15-22(30)36-26(21,25(27)33)34-16-18-9-4-2-5-10-18/h2-7,9-12,17,20-21,28H,8,13-16H2,1H3,(H2,27,33). The summed E-state index contributed by atoms with van der Waals surface area (Å²) in [5, 5.41) is 3.13. The summed E-state index contributed by atoms with van der Waals surface area (Å²) in [7, 11) is 0. The van der Waals surface area contributed by atoms with E-state index in [1.165, 1.54) is 4.90 Å². The minimum atomic E-state index is -2.25. The summed E-state index contributed by atoms with van der Waals surface area (Å²) < 4.78 is 16.4. The third-order valence-electron chi connectivity index (χ3n) is 6.27. The predicted octanol–water partition coefficient (Wildman–Crippen LogP) is 1.74. The molecule has 0 aliphatic carbocycles. The summed E-state index contributed by atoms with van der Waals surface area (Å²) in [6.45, 7) is 2.00. The Hall–Kier alpha value is -3.92. The lowest BCUT2D eigenvalue weighted by molar-refractivity contribution is -0.243. The third kappa shape index (κ3) is 5.33. The highest BCUT2D eigenvalue weighted by Gasteiger charge is 2.59. The fourth-order valence-electron chi connectivity index (χ4n) is 4.44. The SMILES string of the molecule is CC(Nc1ccccc1)C(=O)N1CCCC1C(=O)OC1CC(=O)OC1(OCc1ccccc1)C(N)=O. The lowest BCUT2D eigenvalue weighted by atomic mass is 10.1. The predicted molar refractivity (Wildman–Crippen MR) is 128 cm³/mol. The van der Waals surface area contributed by atoms with Crippen LogP contribution in [0.15, 0.2) is 60.7 Å². The van der Waals surface area contributed by atoms with E-state index in [1.807, 2.05) is 36.4 Å². The van der Waals surface area contributed by atoms with Crippen LogP contribution < -0.4 is 11.1 Å². The average Bonchev–Trinajstić information content (AvgIpc) is 3.48. The number of amides is 2. The molecule has 2 aromatic carbocycles. The van der Waals surface area contributed by atoms with Gasteiger partial charge in [-0.2, -0.15) is 0 Å². The number of cyclic esters (lactones) is 1. The number of primary amides is 1. The van der Waals surface area contributed by atoms with Crippen LogP contribution in [0.1, 0.15) is 31.7 Å². The topological polar surface area (TPSA) is 137 Å². The van der Waals surface area contributed by atoms with Gasteiger partial charge in [0.15, 0.2) is 6.10 Å². The molecule has 2 aromatic rings. The molecular formula is C26H29N3O7. The number of benzene rings is 2. The number of ether oxygens (including phenoxy) is 3. The molecule has 0 bridgehead atoms. The number of anilines is 1. The van der Waals surface area contributed by atoms with Gasteiger partial charge in [-0.15, -0.1) is 0 Å². The van der Waals surface area contributed by atoms with Gasteiger partial charge in [0.1, 0.15) is 12.1 Å². The zero-order valence-electron chi connectivity index (χ0n) is 19.9. The molecule has 36 heavy (non-hydrogen) atoms. The highest BCUT2D eigenvalue weighted by Crippen LogP contribution is 2.33. The number of likely N-dealkylation sites (tertiary alicyclic amines) is 1. The summed E-state index contributed by atoms with van der Waals surface area (Å²) in [5.41, 5.74) is 7.05. The van der Waals surface area contributed by atoms with Crippen molar-refractivity contribution in [2.24, 2.45) is 5.73 Å². The van der Waals surface area contributed by atoms with Gasteiger partial charge in [0, 0.05) is 12.2 Å². The zero-order chi connectivity index (χ0) is 25.7. The summed E-state index contributed by atoms with van der Waals surface area (Å²) in [4.78, 5) is 52.3.